The Morgan fingerprint density at radius 1 is 1.29 bits per heavy atom. The zero-order chi connectivity index (χ0) is 20.6. The van der Waals surface area contributed by atoms with Crippen LogP contribution in [0.2, 0.25) is 0 Å². The summed E-state index contributed by atoms with van der Waals surface area (Å²) in [6.07, 6.45) is 6.94. The number of carbonyl (C=O) groups is 2. The maximum atomic E-state index is 12.9. The van der Waals surface area contributed by atoms with Crippen molar-refractivity contribution >= 4 is 29.9 Å². The number of hydrogen-bond donors (Lipinski definition) is 1. The van der Waals surface area contributed by atoms with E-state index < -0.39 is 17.4 Å². The second kappa shape index (κ2) is 10.7. The van der Waals surface area contributed by atoms with Crippen LogP contribution in [0.15, 0.2) is 36.4 Å². The molecule has 2 rings (SSSR count). The molecule has 2 N–H and O–H groups in total. The maximum Gasteiger partial charge on any atom is 0.311 e. The minimum Gasteiger partial charge on any atom is -0.469 e. The highest BCUT2D eigenvalue weighted by Crippen LogP contribution is 2.41. The summed E-state index contributed by atoms with van der Waals surface area (Å²) in [6.45, 7) is 4.86. The van der Waals surface area contributed by atoms with Crippen LogP contribution in [0, 0.1) is 11.8 Å². The highest BCUT2D eigenvalue weighted by molar-refractivity contribution is 7.97. The van der Waals surface area contributed by atoms with Crippen LogP contribution in [0.5, 0.6) is 0 Å². The number of hydrogen-bond acceptors (Lipinski definition) is 5. The van der Waals surface area contributed by atoms with E-state index in [1.54, 1.807) is 11.9 Å². The third kappa shape index (κ3) is 5.39. The molecule has 1 amide bonds. The Balaban J connectivity index is 2.40. The van der Waals surface area contributed by atoms with Crippen molar-refractivity contribution in [1.29, 1.82) is 0 Å². The lowest BCUT2D eigenvalue weighted by molar-refractivity contribution is -0.155. The number of benzene rings is 1. The molecule has 0 saturated carbocycles. The van der Waals surface area contributed by atoms with Gasteiger partial charge in [-0.1, -0.05) is 68.3 Å². The predicted octanol–water partition coefficient (Wildman–Crippen LogP) is 3.89. The topological polar surface area (TPSA) is 72.6 Å². The molecule has 6 heteroatoms. The van der Waals surface area contributed by atoms with E-state index in [-0.39, 0.29) is 11.9 Å². The Labute approximate surface area is 172 Å². The first-order valence-electron chi connectivity index (χ1n) is 9.91. The molecule has 5 nitrogen and oxygen atoms in total. The van der Waals surface area contributed by atoms with Crippen LogP contribution >= 0.6 is 11.9 Å². The monoisotopic (exact) mass is 404 g/mol. The van der Waals surface area contributed by atoms with Crippen molar-refractivity contribution in [2.45, 2.75) is 45.1 Å². The van der Waals surface area contributed by atoms with E-state index in [1.165, 1.54) is 7.11 Å². The molecule has 2 atom stereocenters. The smallest absolute Gasteiger partial charge is 0.311 e. The molecular weight excluding hydrogens is 372 g/mol. The van der Waals surface area contributed by atoms with E-state index in [0.717, 1.165) is 30.7 Å². The third-order valence-electron chi connectivity index (χ3n) is 5.14. The predicted molar refractivity (Wildman–Crippen MR) is 115 cm³/mol. The maximum absolute atomic E-state index is 12.9. The molecule has 28 heavy (non-hydrogen) atoms. The van der Waals surface area contributed by atoms with E-state index in [2.05, 4.69) is 18.2 Å². The molecule has 1 aliphatic heterocycles. The zero-order valence-electron chi connectivity index (χ0n) is 17.1. The summed E-state index contributed by atoms with van der Waals surface area (Å²) < 4.78 is 7.19. The van der Waals surface area contributed by atoms with Crippen LogP contribution in [0.1, 0.15) is 45.1 Å². The van der Waals surface area contributed by atoms with Crippen molar-refractivity contribution in [3.63, 3.8) is 0 Å². The molecule has 0 unspecified atom stereocenters. The molecule has 0 spiro atoms. The number of nitrogens with zero attached hydrogens (tertiary/aromatic N) is 1. The van der Waals surface area contributed by atoms with Crippen molar-refractivity contribution in [2.75, 3.05) is 19.4 Å². The van der Waals surface area contributed by atoms with Gasteiger partial charge in [-0.2, -0.15) is 0 Å². The molecular formula is C22H32N2O3S. The molecule has 1 aromatic carbocycles. The summed E-state index contributed by atoms with van der Waals surface area (Å²) in [5.41, 5.74) is 5.99. The lowest BCUT2D eigenvalue weighted by Crippen LogP contribution is -2.63. The number of esters is 1. The fraction of sp³-hybridized carbons (Fsp3) is 0.545. The van der Waals surface area contributed by atoms with Gasteiger partial charge in [-0.05, 0) is 37.2 Å². The number of rotatable bonds is 9. The van der Waals surface area contributed by atoms with Crippen molar-refractivity contribution in [1.82, 2.24) is 4.31 Å². The molecule has 0 aliphatic carbocycles. The first-order valence-corrected chi connectivity index (χ1v) is 10.9. The van der Waals surface area contributed by atoms with Gasteiger partial charge in [0.15, 0.2) is 0 Å². The lowest BCUT2D eigenvalue weighted by atomic mass is 9.74. The van der Waals surface area contributed by atoms with Gasteiger partial charge in [0.2, 0.25) is 5.91 Å². The highest BCUT2D eigenvalue weighted by Gasteiger charge is 2.53. The molecule has 1 saturated heterocycles. The average Bonchev–Trinajstić information content (AvgIpc) is 2.70. The Hall–Kier alpha value is -1.79. The van der Waals surface area contributed by atoms with Crippen LogP contribution < -0.4 is 5.73 Å². The summed E-state index contributed by atoms with van der Waals surface area (Å²) >= 11 is 1.63. The summed E-state index contributed by atoms with van der Waals surface area (Å²) in [4.78, 5) is 25.7. The molecule has 0 radical (unpaired) electrons. The van der Waals surface area contributed by atoms with E-state index in [0.29, 0.717) is 12.8 Å². The molecule has 1 fully saturated rings. The van der Waals surface area contributed by atoms with E-state index >= 15 is 0 Å². The van der Waals surface area contributed by atoms with Gasteiger partial charge in [0.05, 0.1) is 13.0 Å². The number of nitrogens with two attached hydrogens (primary N) is 1. The second-order valence-electron chi connectivity index (χ2n) is 7.65. The van der Waals surface area contributed by atoms with Crippen LogP contribution in [0.25, 0.3) is 6.08 Å². The average molecular weight is 405 g/mol. The van der Waals surface area contributed by atoms with Gasteiger partial charge in [0.25, 0.3) is 0 Å². The summed E-state index contributed by atoms with van der Waals surface area (Å²) in [7, 11) is 1.38. The number of amides is 1. The van der Waals surface area contributed by atoms with Crippen LogP contribution in [-0.2, 0) is 14.3 Å². The first kappa shape index (κ1) is 22.5. The normalized spacial score (nSPS) is 18.7. The first-order chi connectivity index (χ1) is 13.4. The van der Waals surface area contributed by atoms with Crippen molar-refractivity contribution in [3.8, 4) is 0 Å². The van der Waals surface area contributed by atoms with E-state index in [1.807, 2.05) is 42.5 Å². The lowest BCUT2D eigenvalue weighted by Gasteiger charge is -2.46. The summed E-state index contributed by atoms with van der Waals surface area (Å²) in [5.74, 6) is -0.341. The van der Waals surface area contributed by atoms with E-state index in [9.17, 15) is 9.59 Å². The van der Waals surface area contributed by atoms with Gasteiger partial charge in [0.1, 0.15) is 5.54 Å². The van der Waals surface area contributed by atoms with Gasteiger partial charge in [0, 0.05) is 12.3 Å². The van der Waals surface area contributed by atoms with Gasteiger partial charge < -0.3 is 10.5 Å². The molecule has 154 valence electrons. The number of carbonyl (C=O) groups excluding carboxylic acids is 2. The van der Waals surface area contributed by atoms with Gasteiger partial charge in [-0.25, -0.2) is 4.31 Å². The van der Waals surface area contributed by atoms with Crippen LogP contribution in [-0.4, -0.2) is 41.1 Å². The highest BCUT2D eigenvalue weighted by atomic mass is 32.2. The van der Waals surface area contributed by atoms with Crippen molar-refractivity contribution in [2.24, 2.45) is 17.6 Å². The molecule has 0 aromatic heterocycles. The fourth-order valence-electron chi connectivity index (χ4n) is 3.88. The molecule has 1 aliphatic rings. The Morgan fingerprint density at radius 2 is 2.00 bits per heavy atom. The minimum atomic E-state index is -1.06. The van der Waals surface area contributed by atoms with Crippen LogP contribution in [0.4, 0.5) is 0 Å². The summed E-state index contributed by atoms with van der Waals surface area (Å²) in [5, 5.41) is 0. The standard InChI is InChI=1S/C22H32N2O3S/c1-17(2)16-22(21(23)26,24-14-7-8-15-28-24)19(20(25)27-3)13-9-12-18-10-5-4-6-11-18/h4-6,9-12,17,19H,7-8,13-16H2,1-3H3,(H2,23,26)/t19-,22-/m1/s1. The SMILES string of the molecule is COC(=O)[C@@H](CC=Cc1ccccc1)[C@](CC(C)C)(C(N)=O)N1CCCCS1. The van der Waals surface area contributed by atoms with Crippen LogP contribution in [0.3, 0.4) is 0 Å². The number of methoxy groups -OCH3 is 1. The van der Waals surface area contributed by atoms with Crippen molar-refractivity contribution in [3.05, 3.63) is 42.0 Å². The Morgan fingerprint density at radius 3 is 2.54 bits per heavy atom. The number of ether oxygens (including phenoxy) is 1. The summed E-state index contributed by atoms with van der Waals surface area (Å²) in [6, 6.07) is 9.89. The number of primary amides is 1. The Kier molecular flexibility index (Phi) is 8.58. The van der Waals surface area contributed by atoms with E-state index in [4.69, 9.17) is 10.5 Å². The third-order valence-corrected chi connectivity index (χ3v) is 6.43. The largest absolute Gasteiger partial charge is 0.469 e. The molecule has 1 aromatic rings. The molecule has 0 bridgehead atoms. The van der Waals surface area contributed by atoms with Gasteiger partial charge >= 0.3 is 5.97 Å². The fourth-order valence-corrected chi connectivity index (χ4v) is 5.21. The minimum absolute atomic E-state index is 0.209. The van der Waals surface area contributed by atoms with Gasteiger partial charge in [-0.15, -0.1) is 0 Å². The second-order valence-corrected chi connectivity index (χ2v) is 8.76. The zero-order valence-corrected chi connectivity index (χ0v) is 17.9. The Bertz CT molecular complexity index is 672. The quantitative estimate of drug-likeness (QED) is 0.499. The molecule has 1 heterocycles. The van der Waals surface area contributed by atoms with Gasteiger partial charge in [-0.3, -0.25) is 9.59 Å². The number of allylic oxidation sites excluding steroid dienone is 1. The van der Waals surface area contributed by atoms with Crippen molar-refractivity contribution < 1.29 is 14.3 Å².